The lowest BCUT2D eigenvalue weighted by Gasteiger charge is -2.32. The molecular formula is C12H25NO2. The van der Waals surface area contributed by atoms with Crippen molar-refractivity contribution in [2.24, 2.45) is 5.92 Å². The number of aliphatic hydroxyl groups excluding tert-OH is 1. The summed E-state index contributed by atoms with van der Waals surface area (Å²) in [5, 5.41) is 12.4. The van der Waals surface area contributed by atoms with Crippen molar-refractivity contribution in [3.05, 3.63) is 0 Å². The molecule has 0 aromatic rings. The fourth-order valence-corrected chi connectivity index (χ4v) is 2.29. The van der Waals surface area contributed by atoms with E-state index in [0.29, 0.717) is 24.7 Å². The molecule has 3 nitrogen and oxygen atoms in total. The molecule has 0 aromatic carbocycles. The Morgan fingerprint density at radius 1 is 1.40 bits per heavy atom. The van der Waals surface area contributed by atoms with E-state index in [1.54, 1.807) is 0 Å². The highest BCUT2D eigenvalue weighted by Gasteiger charge is 2.24. The molecule has 15 heavy (non-hydrogen) atoms. The van der Waals surface area contributed by atoms with Gasteiger partial charge in [-0.25, -0.2) is 0 Å². The molecule has 0 heterocycles. The Bertz CT molecular complexity index is 164. The zero-order chi connectivity index (χ0) is 11.1. The van der Waals surface area contributed by atoms with Crippen LogP contribution in [-0.4, -0.2) is 37.5 Å². The monoisotopic (exact) mass is 215 g/mol. The van der Waals surface area contributed by atoms with E-state index in [9.17, 15) is 0 Å². The molecule has 0 spiro atoms. The molecule has 3 atom stereocenters. The van der Waals surface area contributed by atoms with Crippen molar-refractivity contribution in [2.75, 3.05) is 20.3 Å². The van der Waals surface area contributed by atoms with Gasteiger partial charge < -0.3 is 15.2 Å². The number of hydrogen-bond acceptors (Lipinski definition) is 3. The number of aliphatic hydroxyl groups is 1. The lowest BCUT2D eigenvalue weighted by atomic mass is 9.92. The topological polar surface area (TPSA) is 41.5 Å². The highest BCUT2D eigenvalue weighted by Crippen LogP contribution is 2.20. The van der Waals surface area contributed by atoms with Gasteiger partial charge in [-0.3, -0.25) is 0 Å². The fourth-order valence-electron chi connectivity index (χ4n) is 2.29. The second-order valence-electron chi connectivity index (χ2n) is 4.69. The molecule has 1 fully saturated rings. The fraction of sp³-hybridized carbons (Fsp3) is 1.00. The Morgan fingerprint density at radius 3 is 2.80 bits per heavy atom. The third-order valence-corrected chi connectivity index (χ3v) is 3.36. The van der Waals surface area contributed by atoms with Gasteiger partial charge in [0, 0.05) is 19.8 Å². The summed E-state index contributed by atoms with van der Waals surface area (Å²) in [6.45, 7) is 3.46. The molecule has 90 valence electrons. The van der Waals surface area contributed by atoms with Gasteiger partial charge in [0.15, 0.2) is 0 Å². The molecule has 0 aliphatic heterocycles. The highest BCUT2D eigenvalue weighted by molar-refractivity contribution is 4.81. The van der Waals surface area contributed by atoms with Gasteiger partial charge in [0.1, 0.15) is 0 Å². The summed E-state index contributed by atoms with van der Waals surface area (Å²) < 4.78 is 5.48. The van der Waals surface area contributed by atoms with Crippen molar-refractivity contribution in [2.45, 2.75) is 51.2 Å². The Labute approximate surface area is 93.2 Å². The van der Waals surface area contributed by atoms with Crippen LogP contribution in [0.15, 0.2) is 0 Å². The van der Waals surface area contributed by atoms with E-state index in [1.165, 1.54) is 25.7 Å². The maximum Gasteiger partial charge on any atom is 0.0724 e. The molecule has 1 saturated carbocycles. The summed E-state index contributed by atoms with van der Waals surface area (Å²) >= 11 is 0. The van der Waals surface area contributed by atoms with E-state index in [1.807, 2.05) is 7.11 Å². The summed E-state index contributed by atoms with van der Waals surface area (Å²) in [5.74, 6) is 0.550. The van der Waals surface area contributed by atoms with Crippen LogP contribution in [0.5, 0.6) is 0 Å². The standard InChI is InChI=1S/C12H25NO2/c1-10(7-8-14)9-13-11-5-3-4-6-12(11)15-2/h10-14H,3-9H2,1-2H3. The normalized spacial score (nSPS) is 29.0. The van der Waals surface area contributed by atoms with Crippen LogP contribution >= 0.6 is 0 Å². The van der Waals surface area contributed by atoms with Gasteiger partial charge in [-0.2, -0.15) is 0 Å². The smallest absolute Gasteiger partial charge is 0.0724 e. The quantitative estimate of drug-likeness (QED) is 0.706. The van der Waals surface area contributed by atoms with Crippen molar-refractivity contribution in [1.29, 1.82) is 0 Å². The van der Waals surface area contributed by atoms with Gasteiger partial charge in [0.2, 0.25) is 0 Å². The minimum Gasteiger partial charge on any atom is -0.396 e. The van der Waals surface area contributed by atoms with Gasteiger partial charge >= 0.3 is 0 Å². The predicted molar refractivity (Wildman–Crippen MR) is 61.9 cm³/mol. The predicted octanol–water partition coefficient (Wildman–Crippen LogP) is 1.55. The minimum absolute atomic E-state index is 0.293. The molecule has 3 heteroatoms. The molecule has 1 rings (SSSR count). The molecule has 2 N–H and O–H groups in total. The second-order valence-corrected chi connectivity index (χ2v) is 4.69. The number of methoxy groups -OCH3 is 1. The van der Waals surface area contributed by atoms with E-state index < -0.39 is 0 Å². The summed E-state index contributed by atoms with van der Waals surface area (Å²) in [7, 11) is 1.81. The molecular weight excluding hydrogens is 190 g/mol. The number of nitrogens with one attached hydrogen (secondary N) is 1. The Kier molecular flexibility index (Phi) is 6.22. The first-order valence-electron chi connectivity index (χ1n) is 6.15. The molecule has 0 radical (unpaired) electrons. The second kappa shape index (κ2) is 7.20. The van der Waals surface area contributed by atoms with Gasteiger partial charge in [-0.15, -0.1) is 0 Å². The van der Waals surface area contributed by atoms with Crippen LogP contribution in [-0.2, 0) is 4.74 Å². The molecule has 0 bridgehead atoms. The van der Waals surface area contributed by atoms with Crippen LogP contribution in [0.4, 0.5) is 0 Å². The van der Waals surface area contributed by atoms with Gasteiger partial charge in [-0.05, 0) is 31.7 Å². The third-order valence-electron chi connectivity index (χ3n) is 3.36. The Morgan fingerprint density at radius 2 is 2.13 bits per heavy atom. The summed E-state index contributed by atoms with van der Waals surface area (Å²) in [5.41, 5.74) is 0. The molecule has 0 aromatic heterocycles. The van der Waals surface area contributed by atoms with E-state index in [4.69, 9.17) is 9.84 Å². The molecule has 0 saturated heterocycles. The summed E-state index contributed by atoms with van der Waals surface area (Å²) in [4.78, 5) is 0. The lowest BCUT2D eigenvalue weighted by molar-refractivity contribution is 0.0404. The molecule has 0 amide bonds. The number of rotatable bonds is 6. The van der Waals surface area contributed by atoms with Crippen LogP contribution in [0.2, 0.25) is 0 Å². The minimum atomic E-state index is 0.293. The Hall–Kier alpha value is -0.120. The third kappa shape index (κ3) is 4.49. The van der Waals surface area contributed by atoms with Crippen molar-refractivity contribution in [3.8, 4) is 0 Å². The van der Waals surface area contributed by atoms with Crippen molar-refractivity contribution in [3.63, 3.8) is 0 Å². The van der Waals surface area contributed by atoms with Crippen molar-refractivity contribution >= 4 is 0 Å². The first-order chi connectivity index (χ1) is 7.27. The number of hydrogen-bond donors (Lipinski definition) is 2. The van der Waals surface area contributed by atoms with Crippen LogP contribution in [0.25, 0.3) is 0 Å². The van der Waals surface area contributed by atoms with E-state index in [-0.39, 0.29) is 0 Å². The largest absolute Gasteiger partial charge is 0.396 e. The van der Waals surface area contributed by atoms with Gasteiger partial charge in [0.25, 0.3) is 0 Å². The maximum atomic E-state index is 8.82. The van der Waals surface area contributed by atoms with E-state index in [2.05, 4.69) is 12.2 Å². The summed E-state index contributed by atoms with van der Waals surface area (Å²) in [6, 6.07) is 0.518. The first-order valence-corrected chi connectivity index (χ1v) is 6.15. The lowest BCUT2D eigenvalue weighted by Crippen LogP contribution is -2.44. The van der Waals surface area contributed by atoms with Crippen LogP contribution in [0.3, 0.4) is 0 Å². The zero-order valence-electron chi connectivity index (χ0n) is 10.0. The summed E-state index contributed by atoms with van der Waals surface area (Å²) in [6.07, 6.45) is 6.29. The van der Waals surface area contributed by atoms with Crippen LogP contribution < -0.4 is 5.32 Å². The molecule has 1 aliphatic carbocycles. The average Bonchev–Trinajstić information content (AvgIpc) is 2.27. The SMILES string of the molecule is COC1CCCCC1NCC(C)CCO. The van der Waals surface area contributed by atoms with Crippen molar-refractivity contribution < 1.29 is 9.84 Å². The molecule has 1 aliphatic rings. The average molecular weight is 215 g/mol. The van der Waals surface area contributed by atoms with Crippen molar-refractivity contribution in [1.82, 2.24) is 5.32 Å². The van der Waals surface area contributed by atoms with Gasteiger partial charge in [0.05, 0.1) is 6.10 Å². The van der Waals surface area contributed by atoms with E-state index in [0.717, 1.165) is 13.0 Å². The Balaban J connectivity index is 2.22. The van der Waals surface area contributed by atoms with E-state index >= 15 is 0 Å². The highest BCUT2D eigenvalue weighted by atomic mass is 16.5. The van der Waals surface area contributed by atoms with Gasteiger partial charge in [-0.1, -0.05) is 19.8 Å². The number of ether oxygens (including phenoxy) is 1. The van der Waals surface area contributed by atoms with Crippen LogP contribution in [0, 0.1) is 5.92 Å². The van der Waals surface area contributed by atoms with Crippen LogP contribution in [0.1, 0.15) is 39.0 Å². The molecule has 3 unspecified atom stereocenters. The first kappa shape index (κ1) is 12.9. The maximum absolute atomic E-state index is 8.82. The zero-order valence-corrected chi connectivity index (χ0v) is 10.0.